The maximum absolute atomic E-state index is 12.7. The van der Waals surface area contributed by atoms with Crippen LogP contribution in [0.2, 0.25) is 0 Å². The van der Waals surface area contributed by atoms with Crippen LogP contribution in [0.1, 0.15) is 32.3 Å². The fourth-order valence-electron chi connectivity index (χ4n) is 3.34. The summed E-state index contributed by atoms with van der Waals surface area (Å²) in [5.41, 5.74) is 4.03. The molecule has 0 aliphatic heterocycles. The number of hydrogen-bond donors (Lipinski definition) is 0. The van der Waals surface area contributed by atoms with E-state index in [-0.39, 0.29) is 11.8 Å². The van der Waals surface area contributed by atoms with E-state index in [1.165, 1.54) is 0 Å². The molecule has 1 atom stereocenters. The van der Waals surface area contributed by atoms with Crippen molar-refractivity contribution in [1.29, 1.82) is 0 Å². The third-order valence-corrected chi connectivity index (χ3v) is 4.78. The van der Waals surface area contributed by atoms with Crippen LogP contribution in [0.15, 0.2) is 66.9 Å². The highest BCUT2D eigenvalue weighted by atomic mass is 16.2. The lowest BCUT2D eigenvalue weighted by Crippen LogP contribution is -2.31. The smallest absolute Gasteiger partial charge is 0.225 e. The van der Waals surface area contributed by atoms with Crippen molar-refractivity contribution in [3.05, 3.63) is 72.4 Å². The topological polar surface area (TPSA) is 38.1 Å². The van der Waals surface area contributed by atoms with E-state index < -0.39 is 0 Å². The molecule has 1 heterocycles. The zero-order chi connectivity index (χ0) is 19.2. The lowest BCUT2D eigenvalue weighted by molar-refractivity contribution is -0.134. The van der Waals surface area contributed by atoms with Crippen LogP contribution < -0.4 is 0 Å². The van der Waals surface area contributed by atoms with E-state index in [1.807, 2.05) is 78.3 Å². The van der Waals surface area contributed by atoms with E-state index in [9.17, 15) is 4.79 Å². The quantitative estimate of drug-likeness (QED) is 0.598. The summed E-state index contributed by atoms with van der Waals surface area (Å²) in [4.78, 5) is 14.5. The van der Waals surface area contributed by atoms with Crippen LogP contribution in [-0.4, -0.2) is 27.6 Å². The molecule has 1 unspecified atom stereocenters. The van der Waals surface area contributed by atoms with Gasteiger partial charge in [-0.1, -0.05) is 68.8 Å². The van der Waals surface area contributed by atoms with E-state index in [1.54, 1.807) is 0 Å². The van der Waals surface area contributed by atoms with Crippen LogP contribution in [0.5, 0.6) is 0 Å². The van der Waals surface area contributed by atoms with Crippen LogP contribution >= 0.6 is 0 Å². The van der Waals surface area contributed by atoms with Crippen LogP contribution in [0.3, 0.4) is 0 Å². The van der Waals surface area contributed by atoms with Crippen LogP contribution in [0.25, 0.3) is 16.9 Å². The number of nitrogens with zero attached hydrogens (tertiary/aromatic N) is 3. The molecular weight excluding hydrogens is 334 g/mol. The molecular formula is C23H27N3O. The zero-order valence-electron chi connectivity index (χ0n) is 16.3. The predicted molar refractivity (Wildman–Crippen MR) is 110 cm³/mol. The molecule has 0 N–H and O–H groups in total. The first kappa shape index (κ1) is 18.9. The lowest BCUT2D eigenvalue weighted by atomic mass is 10.0. The molecule has 2 aromatic carbocycles. The van der Waals surface area contributed by atoms with Crippen LogP contribution in [0, 0.1) is 5.92 Å². The number of carbonyl (C=O) groups is 1. The van der Waals surface area contributed by atoms with E-state index in [4.69, 9.17) is 5.10 Å². The minimum Gasteiger partial charge on any atom is -0.341 e. The first-order chi connectivity index (χ1) is 13.1. The first-order valence-corrected chi connectivity index (χ1v) is 9.54. The Morgan fingerprint density at radius 2 is 1.70 bits per heavy atom. The Bertz CT molecular complexity index is 871. The molecule has 140 valence electrons. The Hall–Kier alpha value is -2.88. The van der Waals surface area contributed by atoms with Crippen LogP contribution in [-0.2, 0) is 11.3 Å². The Kier molecular flexibility index (Phi) is 6.07. The van der Waals surface area contributed by atoms with Gasteiger partial charge in [0.15, 0.2) is 0 Å². The second-order valence-corrected chi connectivity index (χ2v) is 7.03. The summed E-state index contributed by atoms with van der Waals surface area (Å²) in [6, 6.07) is 20.2. The molecule has 0 bridgehead atoms. The monoisotopic (exact) mass is 361 g/mol. The average molecular weight is 361 g/mol. The highest BCUT2D eigenvalue weighted by Gasteiger charge is 2.20. The van der Waals surface area contributed by atoms with Crippen molar-refractivity contribution in [3.63, 3.8) is 0 Å². The normalized spacial score (nSPS) is 12.0. The van der Waals surface area contributed by atoms with E-state index >= 15 is 0 Å². The van der Waals surface area contributed by atoms with Gasteiger partial charge in [-0.05, 0) is 18.6 Å². The van der Waals surface area contributed by atoms with Crippen molar-refractivity contribution in [2.24, 2.45) is 5.92 Å². The van der Waals surface area contributed by atoms with Crippen molar-refractivity contribution < 1.29 is 4.79 Å². The van der Waals surface area contributed by atoms with Gasteiger partial charge in [0, 0.05) is 36.8 Å². The van der Waals surface area contributed by atoms with Gasteiger partial charge in [0.1, 0.15) is 0 Å². The van der Waals surface area contributed by atoms with Crippen molar-refractivity contribution in [3.8, 4) is 16.9 Å². The number of hydrogen-bond acceptors (Lipinski definition) is 2. The molecule has 0 saturated carbocycles. The zero-order valence-corrected chi connectivity index (χ0v) is 16.3. The molecule has 4 heteroatoms. The third kappa shape index (κ3) is 4.45. The number of para-hydroxylation sites is 1. The summed E-state index contributed by atoms with van der Waals surface area (Å²) >= 11 is 0. The molecule has 3 aromatic rings. The molecule has 0 spiro atoms. The van der Waals surface area contributed by atoms with Crippen molar-refractivity contribution >= 4 is 5.91 Å². The number of rotatable bonds is 7. The molecule has 4 nitrogen and oxygen atoms in total. The molecule has 3 rings (SSSR count). The number of aromatic nitrogens is 2. The first-order valence-electron chi connectivity index (χ1n) is 9.54. The molecule has 1 amide bonds. The highest BCUT2D eigenvalue weighted by Crippen LogP contribution is 2.25. The van der Waals surface area contributed by atoms with Crippen LogP contribution in [0.4, 0.5) is 0 Å². The summed E-state index contributed by atoms with van der Waals surface area (Å²) in [5.74, 6) is 0.229. The van der Waals surface area contributed by atoms with Gasteiger partial charge in [0.2, 0.25) is 5.91 Å². The number of amides is 1. The third-order valence-electron chi connectivity index (χ3n) is 4.78. The largest absolute Gasteiger partial charge is 0.341 e. The molecule has 27 heavy (non-hydrogen) atoms. The standard InChI is InChI=1S/C23H27N3O/c1-4-11-18(2)23(27)25(3)16-20-17-26(21-14-9-6-10-15-21)24-22(20)19-12-7-5-8-13-19/h5-10,12-15,17-18H,4,11,16H2,1-3H3. The Morgan fingerprint density at radius 3 is 2.33 bits per heavy atom. The Balaban J connectivity index is 1.93. The van der Waals surface area contributed by atoms with Gasteiger partial charge in [-0.25, -0.2) is 4.68 Å². The second kappa shape index (κ2) is 8.67. The minimum absolute atomic E-state index is 0.0457. The maximum atomic E-state index is 12.7. The lowest BCUT2D eigenvalue weighted by Gasteiger charge is -2.21. The van der Waals surface area contributed by atoms with Crippen molar-refractivity contribution in [2.45, 2.75) is 33.2 Å². The summed E-state index contributed by atoms with van der Waals surface area (Å²) < 4.78 is 1.89. The van der Waals surface area contributed by atoms with E-state index in [0.29, 0.717) is 6.54 Å². The summed E-state index contributed by atoms with van der Waals surface area (Å²) in [5, 5.41) is 4.82. The fourth-order valence-corrected chi connectivity index (χ4v) is 3.34. The van der Waals surface area contributed by atoms with Crippen molar-refractivity contribution in [1.82, 2.24) is 14.7 Å². The van der Waals surface area contributed by atoms with E-state index in [0.717, 1.165) is 35.3 Å². The van der Waals surface area contributed by atoms with E-state index in [2.05, 4.69) is 19.1 Å². The van der Waals surface area contributed by atoms with Crippen molar-refractivity contribution in [2.75, 3.05) is 7.05 Å². The molecule has 0 aliphatic carbocycles. The van der Waals surface area contributed by atoms with Gasteiger partial charge in [-0.15, -0.1) is 0 Å². The Labute approximate surface area is 161 Å². The SMILES string of the molecule is CCCC(C)C(=O)N(C)Cc1cn(-c2ccccc2)nc1-c1ccccc1. The fraction of sp³-hybridized carbons (Fsp3) is 0.304. The summed E-state index contributed by atoms with van der Waals surface area (Å²) in [6.07, 6.45) is 3.96. The molecule has 0 saturated heterocycles. The summed E-state index contributed by atoms with van der Waals surface area (Å²) in [6.45, 7) is 4.67. The summed E-state index contributed by atoms with van der Waals surface area (Å²) in [7, 11) is 1.88. The minimum atomic E-state index is 0.0457. The molecule has 0 aliphatic rings. The molecule has 0 radical (unpaired) electrons. The maximum Gasteiger partial charge on any atom is 0.225 e. The van der Waals surface area contributed by atoms with Gasteiger partial charge in [0.05, 0.1) is 11.4 Å². The Morgan fingerprint density at radius 1 is 1.07 bits per heavy atom. The molecule has 0 fully saturated rings. The average Bonchev–Trinajstić information content (AvgIpc) is 3.12. The highest BCUT2D eigenvalue weighted by molar-refractivity contribution is 5.78. The predicted octanol–water partition coefficient (Wildman–Crippen LogP) is 4.93. The second-order valence-electron chi connectivity index (χ2n) is 7.03. The van der Waals surface area contributed by atoms with Gasteiger partial charge in [-0.2, -0.15) is 5.10 Å². The number of benzene rings is 2. The number of carbonyl (C=O) groups excluding carboxylic acids is 1. The van der Waals surface area contributed by atoms with Gasteiger partial charge < -0.3 is 4.90 Å². The molecule has 1 aromatic heterocycles. The van der Waals surface area contributed by atoms with Gasteiger partial charge >= 0.3 is 0 Å². The van der Waals surface area contributed by atoms with Gasteiger partial charge in [0.25, 0.3) is 0 Å². The van der Waals surface area contributed by atoms with Gasteiger partial charge in [-0.3, -0.25) is 4.79 Å².